The number of sulfone groups is 1. The van der Waals surface area contributed by atoms with Crippen LogP contribution in [-0.4, -0.2) is 40.2 Å². The lowest BCUT2D eigenvalue weighted by Crippen LogP contribution is -2.35. The van der Waals surface area contributed by atoms with E-state index in [1.807, 2.05) is 0 Å². The summed E-state index contributed by atoms with van der Waals surface area (Å²) in [5.74, 6) is 5.60. The Labute approximate surface area is 92.3 Å². The van der Waals surface area contributed by atoms with Crippen LogP contribution in [0.1, 0.15) is 25.7 Å². The van der Waals surface area contributed by atoms with Gasteiger partial charge in [-0.3, -0.25) is 11.3 Å². The molecule has 0 spiro atoms. The van der Waals surface area contributed by atoms with Crippen molar-refractivity contribution in [2.45, 2.75) is 31.7 Å². The van der Waals surface area contributed by atoms with Crippen LogP contribution in [0.4, 0.5) is 0 Å². The molecule has 0 aliphatic rings. The fourth-order valence-electron chi connectivity index (χ4n) is 1.38. The van der Waals surface area contributed by atoms with E-state index in [9.17, 15) is 8.42 Å². The van der Waals surface area contributed by atoms with Gasteiger partial charge in [0.1, 0.15) is 9.84 Å². The Morgan fingerprint density at radius 2 is 1.93 bits per heavy atom. The molecule has 0 rings (SSSR count). The van der Waals surface area contributed by atoms with Gasteiger partial charge in [-0.25, -0.2) is 8.42 Å². The van der Waals surface area contributed by atoms with Crippen LogP contribution >= 0.6 is 0 Å². The molecule has 6 heteroatoms. The number of rotatable bonds is 9. The molecule has 0 saturated carbocycles. The molecule has 0 aromatic carbocycles. The van der Waals surface area contributed by atoms with Gasteiger partial charge in [-0.05, 0) is 25.7 Å². The highest BCUT2D eigenvalue weighted by atomic mass is 32.2. The van der Waals surface area contributed by atoms with Crippen molar-refractivity contribution in [3.8, 4) is 0 Å². The molecule has 0 radical (unpaired) electrons. The van der Waals surface area contributed by atoms with Crippen LogP contribution in [-0.2, 0) is 14.6 Å². The molecule has 0 bridgehead atoms. The first-order valence-electron chi connectivity index (χ1n) is 5.12. The zero-order valence-corrected chi connectivity index (χ0v) is 10.3. The second-order valence-electron chi connectivity index (χ2n) is 3.77. The van der Waals surface area contributed by atoms with Gasteiger partial charge in [-0.1, -0.05) is 0 Å². The van der Waals surface area contributed by atoms with Crippen molar-refractivity contribution in [3.63, 3.8) is 0 Å². The fourth-order valence-corrected chi connectivity index (χ4v) is 2.07. The van der Waals surface area contributed by atoms with E-state index in [1.54, 1.807) is 7.11 Å². The van der Waals surface area contributed by atoms with Gasteiger partial charge >= 0.3 is 0 Å². The quantitative estimate of drug-likeness (QED) is 0.337. The third-order valence-corrected chi connectivity index (χ3v) is 3.23. The van der Waals surface area contributed by atoms with E-state index in [-0.39, 0.29) is 11.8 Å². The number of hydrogen-bond donors (Lipinski definition) is 2. The Bertz CT molecular complexity index is 242. The maximum atomic E-state index is 10.9. The normalized spacial score (nSPS) is 14.1. The molecule has 0 fully saturated rings. The van der Waals surface area contributed by atoms with Gasteiger partial charge in [0.25, 0.3) is 0 Å². The van der Waals surface area contributed by atoms with Gasteiger partial charge in [-0.15, -0.1) is 0 Å². The van der Waals surface area contributed by atoms with E-state index in [4.69, 9.17) is 10.6 Å². The Balaban J connectivity index is 3.61. The monoisotopic (exact) mass is 238 g/mol. The summed E-state index contributed by atoms with van der Waals surface area (Å²) in [6.07, 6.45) is 4.54. The van der Waals surface area contributed by atoms with Crippen molar-refractivity contribution in [2.75, 3.05) is 25.7 Å². The minimum Gasteiger partial charge on any atom is -0.385 e. The minimum absolute atomic E-state index is 0.182. The van der Waals surface area contributed by atoms with Crippen molar-refractivity contribution < 1.29 is 13.2 Å². The van der Waals surface area contributed by atoms with Crippen LogP contribution in [0.3, 0.4) is 0 Å². The van der Waals surface area contributed by atoms with E-state index in [2.05, 4.69) is 5.43 Å². The average molecular weight is 238 g/mol. The molecule has 0 amide bonds. The van der Waals surface area contributed by atoms with Crippen LogP contribution in [0, 0.1) is 0 Å². The number of hydrogen-bond acceptors (Lipinski definition) is 5. The molecule has 5 nitrogen and oxygen atoms in total. The number of ether oxygens (including phenoxy) is 1. The number of nitrogens with one attached hydrogen (secondary N) is 1. The van der Waals surface area contributed by atoms with Crippen molar-refractivity contribution in [1.82, 2.24) is 5.43 Å². The molecule has 0 aliphatic carbocycles. The largest absolute Gasteiger partial charge is 0.385 e. The molecule has 0 aromatic heterocycles. The summed E-state index contributed by atoms with van der Waals surface area (Å²) < 4.78 is 26.7. The maximum absolute atomic E-state index is 10.9. The molecule has 1 unspecified atom stereocenters. The van der Waals surface area contributed by atoms with E-state index in [0.29, 0.717) is 13.0 Å². The van der Waals surface area contributed by atoms with E-state index < -0.39 is 9.84 Å². The minimum atomic E-state index is -2.85. The first kappa shape index (κ1) is 14.8. The third-order valence-electron chi connectivity index (χ3n) is 2.20. The van der Waals surface area contributed by atoms with E-state index in [1.165, 1.54) is 6.26 Å². The summed E-state index contributed by atoms with van der Waals surface area (Å²) in [6, 6.07) is 0.182. The lowest BCUT2D eigenvalue weighted by atomic mass is 10.1. The van der Waals surface area contributed by atoms with Gasteiger partial charge in [0.2, 0.25) is 0 Å². The molecule has 0 aliphatic heterocycles. The standard InChI is InChI=1S/C9H22N2O3S/c1-14-7-3-5-9(11-10)6-4-8-15(2,12)13/h9,11H,3-8,10H2,1-2H3. The summed E-state index contributed by atoms with van der Waals surface area (Å²) in [4.78, 5) is 0. The zero-order valence-electron chi connectivity index (χ0n) is 9.53. The summed E-state index contributed by atoms with van der Waals surface area (Å²) in [6.45, 7) is 0.713. The number of hydrazine groups is 1. The second-order valence-corrected chi connectivity index (χ2v) is 6.03. The van der Waals surface area contributed by atoms with Gasteiger partial charge < -0.3 is 4.74 Å². The molecule has 3 N–H and O–H groups in total. The topological polar surface area (TPSA) is 81.4 Å². The third kappa shape index (κ3) is 10.1. The van der Waals surface area contributed by atoms with Crippen LogP contribution in [0.5, 0.6) is 0 Å². The van der Waals surface area contributed by atoms with Crippen LogP contribution in [0.15, 0.2) is 0 Å². The van der Waals surface area contributed by atoms with E-state index in [0.717, 1.165) is 19.3 Å². The average Bonchev–Trinajstić information content (AvgIpc) is 2.14. The Morgan fingerprint density at radius 3 is 2.40 bits per heavy atom. The summed E-state index contributed by atoms with van der Waals surface area (Å²) >= 11 is 0. The van der Waals surface area contributed by atoms with Crippen LogP contribution in [0.25, 0.3) is 0 Å². The van der Waals surface area contributed by atoms with Gasteiger partial charge in [0.15, 0.2) is 0 Å². The van der Waals surface area contributed by atoms with Gasteiger partial charge in [0, 0.05) is 31.8 Å². The lowest BCUT2D eigenvalue weighted by Gasteiger charge is -2.14. The van der Waals surface area contributed by atoms with E-state index >= 15 is 0 Å². The van der Waals surface area contributed by atoms with Crippen LogP contribution < -0.4 is 11.3 Å². The summed E-state index contributed by atoms with van der Waals surface area (Å²) in [7, 11) is -1.19. The number of nitrogens with two attached hydrogens (primary N) is 1. The van der Waals surface area contributed by atoms with Gasteiger partial charge in [0.05, 0.1) is 0 Å². The SMILES string of the molecule is COCCCC(CCCS(C)(=O)=O)NN. The predicted octanol–water partition coefficient (Wildman–Crippen LogP) is 0.0697. The Kier molecular flexibility index (Phi) is 7.95. The first-order valence-corrected chi connectivity index (χ1v) is 7.18. The van der Waals surface area contributed by atoms with Crippen molar-refractivity contribution >= 4 is 9.84 Å². The fraction of sp³-hybridized carbons (Fsp3) is 1.00. The summed E-state index contributed by atoms with van der Waals surface area (Å²) in [5, 5.41) is 0. The van der Waals surface area contributed by atoms with Crippen molar-refractivity contribution in [2.24, 2.45) is 5.84 Å². The molecule has 0 saturated heterocycles. The molecule has 15 heavy (non-hydrogen) atoms. The Morgan fingerprint density at radius 1 is 1.33 bits per heavy atom. The predicted molar refractivity (Wildman–Crippen MR) is 61.2 cm³/mol. The molecular weight excluding hydrogens is 216 g/mol. The highest BCUT2D eigenvalue weighted by Gasteiger charge is 2.08. The molecule has 1 atom stereocenters. The molecule has 0 heterocycles. The van der Waals surface area contributed by atoms with Crippen molar-refractivity contribution in [3.05, 3.63) is 0 Å². The molecular formula is C9H22N2O3S. The second kappa shape index (κ2) is 8.04. The first-order chi connectivity index (χ1) is 6.99. The highest BCUT2D eigenvalue weighted by Crippen LogP contribution is 2.05. The van der Waals surface area contributed by atoms with Gasteiger partial charge in [-0.2, -0.15) is 0 Å². The van der Waals surface area contributed by atoms with Crippen LogP contribution in [0.2, 0.25) is 0 Å². The van der Waals surface area contributed by atoms with Crippen molar-refractivity contribution in [1.29, 1.82) is 0 Å². The highest BCUT2D eigenvalue weighted by molar-refractivity contribution is 7.90. The Hall–Kier alpha value is -0.170. The summed E-state index contributed by atoms with van der Waals surface area (Å²) in [5.41, 5.74) is 2.70. The molecule has 0 aromatic rings. The lowest BCUT2D eigenvalue weighted by molar-refractivity contribution is 0.188. The smallest absolute Gasteiger partial charge is 0.147 e. The zero-order chi connectivity index (χ0) is 11.7. The molecule has 92 valence electrons. The number of methoxy groups -OCH3 is 1. The maximum Gasteiger partial charge on any atom is 0.147 e.